The minimum Gasteiger partial charge on any atom is -0.485 e. The minimum absolute atomic E-state index is 0.0971. The number of hydrogen-bond acceptors (Lipinski definition) is 5. The van der Waals surface area contributed by atoms with Crippen LogP contribution in [0.1, 0.15) is 23.0 Å². The molecule has 0 aliphatic carbocycles. The number of rotatable bonds is 12. The molecule has 25 heavy (non-hydrogen) atoms. The molecule has 138 valence electrons. The van der Waals surface area contributed by atoms with Gasteiger partial charge in [0.25, 0.3) is 0 Å². The van der Waals surface area contributed by atoms with Crippen LogP contribution in [0, 0.1) is 0 Å². The third-order valence-corrected chi connectivity index (χ3v) is 5.16. The summed E-state index contributed by atoms with van der Waals surface area (Å²) >= 11 is 1.76. The molecule has 1 N–H and O–H groups in total. The van der Waals surface area contributed by atoms with Crippen LogP contribution in [-0.4, -0.2) is 52.3 Å². The van der Waals surface area contributed by atoms with Gasteiger partial charge in [-0.25, -0.2) is 0 Å². The maximum atomic E-state index is 6.43. The number of likely N-dealkylation sites (N-methyl/N-ethyl adjacent to an activating group) is 1. The lowest BCUT2D eigenvalue weighted by atomic mass is 10.1. The molecule has 0 unspecified atom stereocenters. The molecule has 0 saturated carbocycles. The molecule has 0 radical (unpaired) electrons. The molecule has 2 aromatic rings. The molecule has 0 bridgehead atoms. The van der Waals surface area contributed by atoms with Gasteiger partial charge in [-0.2, -0.15) is 0 Å². The average molecular weight is 363 g/mol. The van der Waals surface area contributed by atoms with E-state index in [4.69, 9.17) is 9.47 Å². The summed E-state index contributed by atoms with van der Waals surface area (Å²) in [4.78, 5) is 3.57. The summed E-state index contributed by atoms with van der Waals surface area (Å²) in [7, 11) is 5.85. The van der Waals surface area contributed by atoms with E-state index in [0.717, 1.165) is 44.8 Å². The third kappa shape index (κ3) is 6.78. The fourth-order valence-electron chi connectivity index (χ4n) is 2.66. The van der Waals surface area contributed by atoms with E-state index in [1.807, 2.05) is 7.05 Å². The Hall–Kier alpha value is -1.40. The van der Waals surface area contributed by atoms with E-state index in [9.17, 15) is 0 Å². The van der Waals surface area contributed by atoms with Crippen molar-refractivity contribution in [2.75, 3.05) is 47.4 Å². The molecule has 1 heterocycles. The second kappa shape index (κ2) is 11.3. The number of nitrogens with zero attached hydrogens (tertiary/aromatic N) is 1. The van der Waals surface area contributed by atoms with Crippen molar-refractivity contribution in [3.8, 4) is 5.75 Å². The highest BCUT2D eigenvalue weighted by atomic mass is 32.1. The largest absolute Gasteiger partial charge is 0.485 e. The first-order chi connectivity index (χ1) is 12.2. The number of hydrogen-bond donors (Lipinski definition) is 1. The van der Waals surface area contributed by atoms with Crippen LogP contribution in [0.25, 0.3) is 0 Å². The SMILES string of the molecule is CNCC[C@@H](Oc1ccccc1CCN(C)CCOC)c1cccs1. The van der Waals surface area contributed by atoms with Gasteiger partial charge in [0.2, 0.25) is 0 Å². The zero-order valence-electron chi connectivity index (χ0n) is 15.5. The number of benzene rings is 1. The fraction of sp³-hybridized carbons (Fsp3) is 0.500. The van der Waals surface area contributed by atoms with E-state index in [2.05, 4.69) is 59.0 Å². The van der Waals surface area contributed by atoms with Gasteiger partial charge in [0.1, 0.15) is 11.9 Å². The average Bonchev–Trinajstić information content (AvgIpc) is 3.17. The summed E-state index contributed by atoms with van der Waals surface area (Å²) in [6.07, 6.45) is 2.03. The van der Waals surface area contributed by atoms with E-state index in [1.54, 1.807) is 18.4 Å². The Morgan fingerprint density at radius 1 is 1.16 bits per heavy atom. The monoisotopic (exact) mass is 362 g/mol. The van der Waals surface area contributed by atoms with Gasteiger partial charge in [-0.1, -0.05) is 24.3 Å². The van der Waals surface area contributed by atoms with Gasteiger partial charge in [-0.05, 0) is 50.1 Å². The van der Waals surface area contributed by atoms with Gasteiger partial charge < -0.3 is 19.7 Å². The van der Waals surface area contributed by atoms with Crippen molar-refractivity contribution in [1.29, 1.82) is 0 Å². The first-order valence-electron chi connectivity index (χ1n) is 8.84. The standard InChI is InChI=1S/C20H30N2O2S/c1-21-12-10-19(20-9-6-16-25-20)24-18-8-5-4-7-17(18)11-13-22(2)14-15-23-3/h4-9,16,19,21H,10-15H2,1-3H3/t19-/m1/s1. The van der Waals surface area contributed by atoms with E-state index < -0.39 is 0 Å². The maximum absolute atomic E-state index is 6.43. The van der Waals surface area contributed by atoms with Gasteiger partial charge in [-0.3, -0.25) is 0 Å². The number of nitrogens with one attached hydrogen (secondary N) is 1. The van der Waals surface area contributed by atoms with E-state index >= 15 is 0 Å². The van der Waals surface area contributed by atoms with Crippen molar-refractivity contribution in [3.63, 3.8) is 0 Å². The Morgan fingerprint density at radius 2 is 2.00 bits per heavy atom. The molecule has 0 spiro atoms. The van der Waals surface area contributed by atoms with Crippen LogP contribution in [0.2, 0.25) is 0 Å². The summed E-state index contributed by atoms with van der Waals surface area (Å²) < 4.78 is 11.6. The molecule has 1 atom stereocenters. The molecule has 4 nitrogen and oxygen atoms in total. The van der Waals surface area contributed by atoms with Crippen LogP contribution >= 0.6 is 11.3 Å². The molecule has 1 aromatic carbocycles. The number of thiophene rings is 1. The highest BCUT2D eigenvalue weighted by molar-refractivity contribution is 7.10. The molecular formula is C20H30N2O2S. The van der Waals surface area contributed by atoms with Gasteiger partial charge >= 0.3 is 0 Å². The van der Waals surface area contributed by atoms with Crippen LogP contribution in [0.3, 0.4) is 0 Å². The molecule has 1 aromatic heterocycles. The smallest absolute Gasteiger partial charge is 0.134 e. The van der Waals surface area contributed by atoms with Crippen LogP contribution in [0.15, 0.2) is 41.8 Å². The summed E-state index contributed by atoms with van der Waals surface area (Å²) in [6, 6.07) is 12.6. The molecule has 0 fully saturated rings. The zero-order chi connectivity index (χ0) is 17.9. The second-order valence-corrected chi connectivity index (χ2v) is 7.15. The minimum atomic E-state index is 0.0971. The van der Waals surface area contributed by atoms with Crippen LogP contribution in [0.5, 0.6) is 5.75 Å². The Labute approximate surface area is 155 Å². The first kappa shape index (κ1) is 19.9. The van der Waals surface area contributed by atoms with Crippen LogP contribution in [-0.2, 0) is 11.2 Å². The number of ether oxygens (including phenoxy) is 2. The molecule has 0 aliphatic rings. The lowest BCUT2D eigenvalue weighted by Crippen LogP contribution is -2.25. The van der Waals surface area contributed by atoms with Crippen molar-refractivity contribution < 1.29 is 9.47 Å². The maximum Gasteiger partial charge on any atom is 0.134 e. The lowest BCUT2D eigenvalue weighted by Gasteiger charge is -2.21. The molecule has 0 amide bonds. The van der Waals surface area contributed by atoms with Gasteiger partial charge in [0.15, 0.2) is 0 Å². The number of para-hydroxylation sites is 1. The summed E-state index contributed by atoms with van der Waals surface area (Å²) in [5.74, 6) is 0.997. The van der Waals surface area contributed by atoms with Crippen molar-refractivity contribution >= 4 is 11.3 Å². The fourth-order valence-corrected chi connectivity index (χ4v) is 3.45. The quantitative estimate of drug-likeness (QED) is 0.625. The van der Waals surface area contributed by atoms with Crippen LogP contribution < -0.4 is 10.1 Å². The van der Waals surface area contributed by atoms with E-state index in [-0.39, 0.29) is 6.10 Å². The molecule has 0 saturated heterocycles. The van der Waals surface area contributed by atoms with Crippen molar-refractivity contribution in [3.05, 3.63) is 52.2 Å². The highest BCUT2D eigenvalue weighted by Gasteiger charge is 2.16. The number of methoxy groups -OCH3 is 1. The Bertz CT molecular complexity index is 589. The second-order valence-electron chi connectivity index (χ2n) is 6.17. The summed E-state index contributed by atoms with van der Waals surface area (Å²) in [5.41, 5.74) is 1.26. The topological polar surface area (TPSA) is 33.7 Å². The van der Waals surface area contributed by atoms with E-state index in [0.29, 0.717) is 0 Å². The van der Waals surface area contributed by atoms with Gasteiger partial charge in [0, 0.05) is 31.5 Å². The molecule has 2 rings (SSSR count). The van der Waals surface area contributed by atoms with Gasteiger partial charge in [-0.15, -0.1) is 11.3 Å². The Balaban J connectivity index is 2.02. The zero-order valence-corrected chi connectivity index (χ0v) is 16.3. The Kier molecular flexibility index (Phi) is 8.97. The van der Waals surface area contributed by atoms with E-state index in [1.165, 1.54) is 10.4 Å². The van der Waals surface area contributed by atoms with Gasteiger partial charge in [0.05, 0.1) is 6.61 Å². The lowest BCUT2D eigenvalue weighted by molar-refractivity contribution is 0.161. The van der Waals surface area contributed by atoms with Crippen molar-refractivity contribution in [1.82, 2.24) is 10.2 Å². The summed E-state index contributed by atoms with van der Waals surface area (Å²) in [6.45, 7) is 3.63. The normalized spacial score (nSPS) is 12.5. The first-order valence-corrected chi connectivity index (χ1v) is 9.72. The van der Waals surface area contributed by atoms with Crippen LogP contribution in [0.4, 0.5) is 0 Å². The predicted molar refractivity (Wildman–Crippen MR) is 106 cm³/mol. The van der Waals surface area contributed by atoms with Crippen molar-refractivity contribution in [2.45, 2.75) is 18.9 Å². The molecule has 5 heteroatoms. The Morgan fingerprint density at radius 3 is 2.72 bits per heavy atom. The highest BCUT2D eigenvalue weighted by Crippen LogP contribution is 2.30. The van der Waals surface area contributed by atoms with Crippen molar-refractivity contribution in [2.24, 2.45) is 0 Å². The molecule has 0 aliphatic heterocycles. The molecular weight excluding hydrogens is 332 g/mol. The third-order valence-electron chi connectivity index (χ3n) is 4.20. The predicted octanol–water partition coefficient (Wildman–Crippen LogP) is 3.60. The summed E-state index contributed by atoms with van der Waals surface area (Å²) in [5, 5.41) is 5.34.